The summed E-state index contributed by atoms with van der Waals surface area (Å²) in [5.74, 6) is 0. The summed E-state index contributed by atoms with van der Waals surface area (Å²) in [5.41, 5.74) is 5.22. The van der Waals surface area contributed by atoms with Crippen molar-refractivity contribution in [1.29, 1.82) is 0 Å². The Hall–Kier alpha value is -1.61. The highest BCUT2D eigenvalue weighted by molar-refractivity contribution is 5.43. The molecule has 0 unspecified atom stereocenters. The van der Waals surface area contributed by atoms with E-state index in [2.05, 4.69) is 24.2 Å². The molecule has 0 bridgehead atoms. The number of aliphatic hydroxyl groups is 1. The summed E-state index contributed by atoms with van der Waals surface area (Å²) in [6, 6.07) is 8.24. The number of aryl methyl sites for hydroxylation is 2. The first-order chi connectivity index (χ1) is 8.19. The number of rotatable bonds is 3. The average molecular weight is 230 g/mol. The van der Waals surface area contributed by atoms with Gasteiger partial charge in [0.25, 0.3) is 0 Å². The second-order valence-electron chi connectivity index (χ2n) is 4.20. The molecule has 0 radical (unpaired) electrons. The molecule has 17 heavy (non-hydrogen) atoms. The Balaban J connectivity index is 2.61. The lowest BCUT2D eigenvalue weighted by molar-refractivity contribution is 0.280. The first-order valence-corrected chi connectivity index (χ1v) is 5.93. The summed E-state index contributed by atoms with van der Waals surface area (Å²) in [6.07, 6.45) is 0.975. The molecule has 0 saturated carbocycles. The van der Waals surface area contributed by atoms with E-state index in [1.165, 1.54) is 5.56 Å². The number of hydrogen-bond acceptors (Lipinski definition) is 2. The minimum atomic E-state index is 0.0476. The highest BCUT2D eigenvalue weighted by Crippen LogP contribution is 2.20. The van der Waals surface area contributed by atoms with Gasteiger partial charge in [0.15, 0.2) is 0 Å². The van der Waals surface area contributed by atoms with E-state index in [9.17, 15) is 5.11 Å². The molecule has 0 fully saturated rings. The molecule has 1 aromatic heterocycles. The largest absolute Gasteiger partial charge is 0.392 e. The van der Waals surface area contributed by atoms with Crippen molar-refractivity contribution in [3.05, 3.63) is 46.8 Å². The summed E-state index contributed by atoms with van der Waals surface area (Å²) in [5, 5.41) is 13.8. The van der Waals surface area contributed by atoms with Gasteiger partial charge in [-0.1, -0.05) is 25.1 Å². The molecule has 0 atom stereocenters. The molecule has 1 N–H and O–H groups in total. The van der Waals surface area contributed by atoms with Gasteiger partial charge in [0, 0.05) is 11.3 Å². The van der Waals surface area contributed by atoms with Crippen molar-refractivity contribution < 1.29 is 5.11 Å². The van der Waals surface area contributed by atoms with Crippen LogP contribution in [0.3, 0.4) is 0 Å². The quantitative estimate of drug-likeness (QED) is 0.880. The van der Waals surface area contributed by atoms with Crippen molar-refractivity contribution in [3.8, 4) is 5.69 Å². The van der Waals surface area contributed by atoms with Gasteiger partial charge in [-0.25, -0.2) is 4.68 Å². The molecule has 3 heteroatoms. The molecule has 0 spiro atoms. The van der Waals surface area contributed by atoms with E-state index < -0.39 is 0 Å². The van der Waals surface area contributed by atoms with Crippen LogP contribution in [0.25, 0.3) is 5.69 Å². The maximum Gasteiger partial charge on any atom is 0.0718 e. The van der Waals surface area contributed by atoms with Gasteiger partial charge in [0.1, 0.15) is 0 Å². The topological polar surface area (TPSA) is 38.0 Å². The van der Waals surface area contributed by atoms with Crippen LogP contribution >= 0.6 is 0 Å². The number of nitrogens with zero attached hydrogens (tertiary/aromatic N) is 2. The Morgan fingerprint density at radius 1 is 1.24 bits per heavy atom. The lowest BCUT2D eigenvalue weighted by Gasteiger charge is -2.09. The predicted molar refractivity (Wildman–Crippen MR) is 68.3 cm³/mol. The van der Waals surface area contributed by atoms with Crippen LogP contribution in [0.4, 0.5) is 0 Å². The minimum Gasteiger partial charge on any atom is -0.392 e. The van der Waals surface area contributed by atoms with E-state index in [4.69, 9.17) is 0 Å². The van der Waals surface area contributed by atoms with Crippen molar-refractivity contribution in [2.24, 2.45) is 0 Å². The zero-order chi connectivity index (χ0) is 12.4. The maximum atomic E-state index is 9.33. The fraction of sp³-hybridized carbons (Fsp3) is 0.357. The van der Waals surface area contributed by atoms with Crippen molar-refractivity contribution >= 4 is 0 Å². The molecule has 0 amide bonds. The normalized spacial score (nSPS) is 10.8. The SMILES string of the molecule is CCc1ccccc1-n1nc(C)c(CO)c1C. The molecule has 2 aromatic rings. The molecule has 0 saturated heterocycles. The van der Waals surface area contributed by atoms with E-state index in [1.807, 2.05) is 30.7 Å². The smallest absolute Gasteiger partial charge is 0.0718 e. The number of para-hydroxylation sites is 1. The van der Waals surface area contributed by atoms with E-state index in [0.717, 1.165) is 29.1 Å². The van der Waals surface area contributed by atoms with Gasteiger partial charge in [-0.2, -0.15) is 5.10 Å². The van der Waals surface area contributed by atoms with E-state index >= 15 is 0 Å². The van der Waals surface area contributed by atoms with Crippen molar-refractivity contribution in [3.63, 3.8) is 0 Å². The van der Waals surface area contributed by atoms with Crippen molar-refractivity contribution in [2.75, 3.05) is 0 Å². The van der Waals surface area contributed by atoms with Crippen LogP contribution in [0, 0.1) is 13.8 Å². The number of aliphatic hydroxyl groups excluding tert-OH is 1. The lowest BCUT2D eigenvalue weighted by Crippen LogP contribution is -2.03. The second kappa shape index (κ2) is 4.72. The third-order valence-corrected chi connectivity index (χ3v) is 3.20. The maximum absolute atomic E-state index is 9.33. The van der Waals surface area contributed by atoms with E-state index in [0.29, 0.717) is 0 Å². The summed E-state index contributed by atoms with van der Waals surface area (Å²) >= 11 is 0. The summed E-state index contributed by atoms with van der Waals surface area (Å²) < 4.78 is 1.93. The molecule has 2 rings (SSSR count). The second-order valence-corrected chi connectivity index (χ2v) is 4.20. The van der Waals surface area contributed by atoms with Crippen LogP contribution in [0.5, 0.6) is 0 Å². The van der Waals surface area contributed by atoms with Crippen LogP contribution in [-0.4, -0.2) is 14.9 Å². The number of benzene rings is 1. The molecule has 1 heterocycles. The van der Waals surface area contributed by atoms with Gasteiger partial charge in [0.05, 0.1) is 18.0 Å². The summed E-state index contributed by atoms with van der Waals surface area (Å²) in [6.45, 7) is 6.12. The Bertz CT molecular complexity index is 529. The molecule has 0 aliphatic rings. The molecular formula is C14H18N2O. The number of aromatic nitrogens is 2. The first kappa shape index (κ1) is 11.9. The molecule has 90 valence electrons. The fourth-order valence-corrected chi connectivity index (χ4v) is 2.15. The Labute approximate surface area is 102 Å². The van der Waals surface area contributed by atoms with Gasteiger partial charge in [-0.3, -0.25) is 0 Å². The monoisotopic (exact) mass is 230 g/mol. The minimum absolute atomic E-state index is 0.0476. The van der Waals surface area contributed by atoms with E-state index in [1.54, 1.807) is 0 Å². The van der Waals surface area contributed by atoms with Gasteiger partial charge < -0.3 is 5.11 Å². The highest BCUT2D eigenvalue weighted by Gasteiger charge is 2.13. The predicted octanol–water partition coefficient (Wildman–Crippen LogP) is 2.54. The Kier molecular flexibility index (Phi) is 3.29. The fourth-order valence-electron chi connectivity index (χ4n) is 2.15. The molecular weight excluding hydrogens is 212 g/mol. The Morgan fingerprint density at radius 2 is 1.94 bits per heavy atom. The van der Waals surface area contributed by atoms with Crippen molar-refractivity contribution in [1.82, 2.24) is 9.78 Å². The molecule has 3 nitrogen and oxygen atoms in total. The van der Waals surface area contributed by atoms with Crippen LogP contribution in [0.1, 0.15) is 29.4 Å². The first-order valence-electron chi connectivity index (χ1n) is 5.93. The zero-order valence-corrected chi connectivity index (χ0v) is 10.6. The van der Waals surface area contributed by atoms with Gasteiger partial charge >= 0.3 is 0 Å². The average Bonchev–Trinajstić information content (AvgIpc) is 2.64. The highest BCUT2D eigenvalue weighted by atomic mass is 16.3. The molecule has 0 aliphatic carbocycles. The lowest BCUT2D eigenvalue weighted by atomic mass is 10.1. The van der Waals surface area contributed by atoms with Crippen LogP contribution in [0.2, 0.25) is 0 Å². The van der Waals surface area contributed by atoms with Crippen LogP contribution < -0.4 is 0 Å². The zero-order valence-electron chi connectivity index (χ0n) is 10.6. The molecule has 0 aliphatic heterocycles. The van der Waals surface area contributed by atoms with Crippen molar-refractivity contribution in [2.45, 2.75) is 33.8 Å². The van der Waals surface area contributed by atoms with Crippen LogP contribution in [0.15, 0.2) is 24.3 Å². The molecule has 1 aromatic carbocycles. The van der Waals surface area contributed by atoms with Gasteiger partial charge in [-0.05, 0) is 31.9 Å². The van der Waals surface area contributed by atoms with Gasteiger partial charge in [-0.15, -0.1) is 0 Å². The summed E-state index contributed by atoms with van der Waals surface area (Å²) in [7, 11) is 0. The third kappa shape index (κ3) is 1.98. The Morgan fingerprint density at radius 3 is 2.53 bits per heavy atom. The van der Waals surface area contributed by atoms with Crippen LogP contribution in [-0.2, 0) is 13.0 Å². The van der Waals surface area contributed by atoms with E-state index in [-0.39, 0.29) is 6.61 Å². The van der Waals surface area contributed by atoms with Gasteiger partial charge in [0.2, 0.25) is 0 Å². The third-order valence-electron chi connectivity index (χ3n) is 3.20. The summed E-state index contributed by atoms with van der Waals surface area (Å²) in [4.78, 5) is 0. The standard InChI is InChI=1S/C14H18N2O/c1-4-12-7-5-6-8-14(12)16-11(3)13(9-17)10(2)15-16/h5-8,17H,4,9H2,1-3H3. The number of hydrogen-bond donors (Lipinski definition) is 1.